The number of carbonyl (C=O) groups is 1. The number of allylic oxidation sites excluding steroid dienone is 1. The molecule has 3 nitrogen and oxygen atoms in total. The Morgan fingerprint density at radius 3 is 2.70 bits per heavy atom. The zero-order chi connectivity index (χ0) is 14.6. The summed E-state index contributed by atoms with van der Waals surface area (Å²) in [7, 11) is 1.31. The molecule has 0 saturated carbocycles. The summed E-state index contributed by atoms with van der Waals surface area (Å²) in [6.45, 7) is 2.46. The standard InChI is InChI=1S/C17H24O3/c1-3-15(13-8-14-20-17(18)19-2)11-7-12-16-9-5-4-6-10-16/h4-6,8-10,13,15H,3,7,11-12,14H2,1-2H3/b13-8+/t15-/m1/s1. The molecule has 1 rings (SSSR count). The Balaban J connectivity index is 2.22. The van der Waals surface area contributed by atoms with E-state index in [1.54, 1.807) is 0 Å². The minimum atomic E-state index is -0.633. The van der Waals surface area contributed by atoms with E-state index < -0.39 is 6.16 Å². The van der Waals surface area contributed by atoms with Crippen molar-refractivity contribution in [1.82, 2.24) is 0 Å². The molecule has 0 unspecified atom stereocenters. The summed E-state index contributed by atoms with van der Waals surface area (Å²) in [5.74, 6) is 0.542. The second kappa shape index (κ2) is 10.1. The van der Waals surface area contributed by atoms with E-state index >= 15 is 0 Å². The molecule has 0 aliphatic rings. The van der Waals surface area contributed by atoms with Gasteiger partial charge in [0.1, 0.15) is 6.61 Å². The van der Waals surface area contributed by atoms with Crippen LogP contribution in [0.5, 0.6) is 0 Å². The Bertz CT molecular complexity index is 398. The van der Waals surface area contributed by atoms with Gasteiger partial charge in [0.25, 0.3) is 0 Å². The van der Waals surface area contributed by atoms with E-state index in [-0.39, 0.29) is 6.61 Å². The van der Waals surface area contributed by atoms with E-state index in [9.17, 15) is 4.79 Å². The molecule has 0 bridgehead atoms. The summed E-state index contributed by atoms with van der Waals surface area (Å²) < 4.78 is 9.21. The van der Waals surface area contributed by atoms with Crippen molar-refractivity contribution in [2.75, 3.05) is 13.7 Å². The first-order valence-corrected chi connectivity index (χ1v) is 7.17. The first-order valence-electron chi connectivity index (χ1n) is 7.17. The van der Waals surface area contributed by atoms with E-state index in [0.29, 0.717) is 5.92 Å². The molecule has 3 heteroatoms. The smallest absolute Gasteiger partial charge is 0.438 e. The maximum atomic E-state index is 10.8. The predicted molar refractivity (Wildman–Crippen MR) is 80.7 cm³/mol. The summed E-state index contributed by atoms with van der Waals surface area (Å²) in [6.07, 6.45) is 7.94. The first-order chi connectivity index (χ1) is 9.76. The molecular formula is C17H24O3. The maximum absolute atomic E-state index is 10.8. The highest BCUT2D eigenvalue weighted by atomic mass is 16.7. The zero-order valence-electron chi connectivity index (χ0n) is 12.4. The van der Waals surface area contributed by atoms with Crippen molar-refractivity contribution in [3.05, 3.63) is 48.0 Å². The highest BCUT2D eigenvalue weighted by molar-refractivity contribution is 5.59. The Kier molecular flexibility index (Phi) is 8.20. The Hall–Kier alpha value is -1.77. The van der Waals surface area contributed by atoms with Gasteiger partial charge in [-0.25, -0.2) is 4.79 Å². The van der Waals surface area contributed by atoms with Crippen molar-refractivity contribution in [3.8, 4) is 0 Å². The predicted octanol–water partition coefficient (Wildman–Crippen LogP) is 4.37. The van der Waals surface area contributed by atoms with Crippen molar-refractivity contribution in [3.63, 3.8) is 0 Å². The van der Waals surface area contributed by atoms with Crippen LogP contribution < -0.4 is 0 Å². The lowest BCUT2D eigenvalue weighted by molar-refractivity contribution is 0.0817. The van der Waals surface area contributed by atoms with Crippen LogP contribution in [-0.2, 0) is 15.9 Å². The topological polar surface area (TPSA) is 35.5 Å². The normalized spacial score (nSPS) is 12.3. The lowest BCUT2D eigenvalue weighted by Crippen LogP contribution is -2.04. The number of ether oxygens (including phenoxy) is 2. The van der Waals surface area contributed by atoms with Gasteiger partial charge in [0, 0.05) is 0 Å². The molecule has 0 aromatic heterocycles. The number of carbonyl (C=O) groups excluding carboxylic acids is 1. The number of aryl methyl sites for hydroxylation is 1. The van der Waals surface area contributed by atoms with Crippen molar-refractivity contribution in [2.24, 2.45) is 5.92 Å². The monoisotopic (exact) mass is 276 g/mol. The molecule has 0 fully saturated rings. The van der Waals surface area contributed by atoms with Gasteiger partial charge in [0.05, 0.1) is 7.11 Å². The average molecular weight is 276 g/mol. The van der Waals surface area contributed by atoms with Gasteiger partial charge in [-0.15, -0.1) is 0 Å². The lowest BCUT2D eigenvalue weighted by Gasteiger charge is -2.10. The highest BCUT2D eigenvalue weighted by Gasteiger charge is 2.03. The van der Waals surface area contributed by atoms with Crippen LogP contribution in [0.3, 0.4) is 0 Å². The van der Waals surface area contributed by atoms with Gasteiger partial charge in [0.15, 0.2) is 0 Å². The molecule has 0 amide bonds. The summed E-state index contributed by atoms with van der Waals surface area (Å²) in [5.41, 5.74) is 1.39. The van der Waals surface area contributed by atoms with Gasteiger partial charge in [0.2, 0.25) is 0 Å². The average Bonchev–Trinajstić information content (AvgIpc) is 2.50. The van der Waals surface area contributed by atoms with Crippen LogP contribution in [0, 0.1) is 5.92 Å². The van der Waals surface area contributed by atoms with Crippen LogP contribution in [0.25, 0.3) is 0 Å². The fraction of sp³-hybridized carbons (Fsp3) is 0.471. The van der Waals surface area contributed by atoms with E-state index in [0.717, 1.165) is 19.3 Å². The van der Waals surface area contributed by atoms with Crippen LogP contribution in [0.2, 0.25) is 0 Å². The first kappa shape index (κ1) is 16.3. The second-order valence-corrected chi connectivity index (χ2v) is 4.74. The molecule has 0 N–H and O–H groups in total. The van der Waals surface area contributed by atoms with Crippen LogP contribution >= 0.6 is 0 Å². The van der Waals surface area contributed by atoms with E-state index in [4.69, 9.17) is 4.74 Å². The van der Waals surface area contributed by atoms with Crippen molar-refractivity contribution < 1.29 is 14.3 Å². The van der Waals surface area contributed by atoms with Crippen LogP contribution in [0.4, 0.5) is 4.79 Å². The molecule has 0 heterocycles. The SMILES string of the molecule is CC[C@@H](/C=C/COC(=O)OC)CCCc1ccccc1. The second-order valence-electron chi connectivity index (χ2n) is 4.74. The molecule has 0 saturated heterocycles. The van der Waals surface area contributed by atoms with Crippen LogP contribution in [-0.4, -0.2) is 19.9 Å². The molecule has 110 valence electrons. The number of rotatable bonds is 8. The fourth-order valence-electron chi connectivity index (χ4n) is 2.07. The summed E-state index contributed by atoms with van der Waals surface area (Å²) in [4.78, 5) is 10.8. The van der Waals surface area contributed by atoms with Crippen molar-refractivity contribution in [2.45, 2.75) is 32.6 Å². The fourth-order valence-corrected chi connectivity index (χ4v) is 2.07. The summed E-state index contributed by atoms with van der Waals surface area (Å²) >= 11 is 0. The molecule has 20 heavy (non-hydrogen) atoms. The van der Waals surface area contributed by atoms with Gasteiger partial charge in [-0.05, 0) is 37.2 Å². The molecule has 0 radical (unpaired) electrons. The molecule has 1 aromatic carbocycles. The zero-order valence-corrected chi connectivity index (χ0v) is 12.4. The quantitative estimate of drug-likeness (QED) is 0.522. The largest absolute Gasteiger partial charge is 0.508 e. The Morgan fingerprint density at radius 1 is 1.30 bits per heavy atom. The third kappa shape index (κ3) is 6.98. The highest BCUT2D eigenvalue weighted by Crippen LogP contribution is 2.15. The number of hydrogen-bond acceptors (Lipinski definition) is 3. The lowest BCUT2D eigenvalue weighted by atomic mass is 9.97. The number of hydrogen-bond donors (Lipinski definition) is 0. The minimum Gasteiger partial charge on any atom is -0.438 e. The molecule has 0 aliphatic carbocycles. The van der Waals surface area contributed by atoms with Gasteiger partial charge < -0.3 is 9.47 Å². The third-order valence-corrected chi connectivity index (χ3v) is 3.28. The van der Waals surface area contributed by atoms with Crippen molar-refractivity contribution in [1.29, 1.82) is 0 Å². The van der Waals surface area contributed by atoms with Crippen LogP contribution in [0.1, 0.15) is 31.7 Å². The Morgan fingerprint density at radius 2 is 2.05 bits per heavy atom. The van der Waals surface area contributed by atoms with Gasteiger partial charge in [-0.2, -0.15) is 0 Å². The van der Waals surface area contributed by atoms with Gasteiger partial charge in [-0.3, -0.25) is 0 Å². The molecule has 0 aliphatic heterocycles. The molecule has 1 atom stereocenters. The summed E-state index contributed by atoms with van der Waals surface area (Å²) in [6, 6.07) is 10.5. The van der Waals surface area contributed by atoms with Gasteiger partial charge >= 0.3 is 6.16 Å². The van der Waals surface area contributed by atoms with Crippen molar-refractivity contribution >= 4 is 6.16 Å². The van der Waals surface area contributed by atoms with E-state index in [1.807, 2.05) is 12.1 Å². The molecule has 1 aromatic rings. The number of benzene rings is 1. The minimum absolute atomic E-state index is 0.280. The molecule has 0 spiro atoms. The van der Waals surface area contributed by atoms with Gasteiger partial charge in [-0.1, -0.05) is 49.4 Å². The maximum Gasteiger partial charge on any atom is 0.508 e. The van der Waals surface area contributed by atoms with E-state index in [2.05, 4.69) is 42.0 Å². The summed E-state index contributed by atoms with van der Waals surface area (Å²) in [5, 5.41) is 0. The Labute approximate surface area is 121 Å². The van der Waals surface area contributed by atoms with Crippen LogP contribution in [0.15, 0.2) is 42.5 Å². The van der Waals surface area contributed by atoms with E-state index in [1.165, 1.54) is 19.1 Å². The number of methoxy groups -OCH3 is 1. The molecular weight excluding hydrogens is 252 g/mol. The third-order valence-electron chi connectivity index (χ3n) is 3.28.